The SMILES string of the molecule is CO[C@@H]1C[C@@H](NC(=O)N2CCN(Cc3nc(C)no3)CC2)C1(C)C. The van der Waals surface area contributed by atoms with Crippen molar-refractivity contribution in [3.05, 3.63) is 11.7 Å². The van der Waals surface area contributed by atoms with Gasteiger partial charge in [-0.25, -0.2) is 4.79 Å². The third-order valence-electron chi connectivity index (χ3n) is 5.35. The number of hydrogen-bond acceptors (Lipinski definition) is 6. The number of nitrogens with zero attached hydrogens (tertiary/aromatic N) is 4. The number of amides is 2. The van der Waals surface area contributed by atoms with E-state index in [0.29, 0.717) is 31.3 Å². The molecule has 1 aliphatic heterocycles. The molecule has 0 radical (unpaired) electrons. The van der Waals surface area contributed by atoms with E-state index in [1.807, 2.05) is 11.8 Å². The van der Waals surface area contributed by atoms with Crippen LogP contribution in [-0.4, -0.2) is 71.4 Å². The second-order valence-electron chi connectivity index (χ2n) is 7.28. The lowest BCUT2D eigenvalue weighted by Crippen LogP contribution is -2.64. The molecule has 0 spiro atoms. The third kappa shape index (κ3) is 3.39. The number of aromatic nitrogens is 2. The molecule has 3 rings (SSSR count). The van der Waals surface area contributed by atoms with Crippen LogP contribution in [0, 0.1) is 12.3 Å². The topological polar surface area (TPSA) is 83.7 Å². The summed E-state index contributed by atoms with van der Waals surface area (Å²) in [5.41, 5.74) is -0.0119. The van der Waals surface area contributed by atoms with Crippen LogP contribution >= 0.6 is 0 Å². The largest absolute Gasteiger partial charge is 0.381 e. The quantitative estimate of drug-likeness (QED) is 0.883. The van der Waals surface area contributed by atoms with E-state index >= 15 is 0 Å². The van der Waals surface area contributed by atoms with E-state index < -0.39 is 0 Å². The Bertz CT molecular complexity index is 580. The summed E-state index contributed by atoms with van der Waals surface area (Å²) in [6.45, 7) is 9.76. The molecule has 8 nitrogen and oxygen atoms in total. The molecule has 0 bridgehead atoms. The van der Waals surface area contributed by atoms with Gasteiger partial charge < -0.3 is 19.5 Å². The highest BCUT2D eigenvalue weighted by Gasteiger charge is 2.49. The van der Waals surface area contributed by atoms with Gasteiger partial charge >= 0.3 is 6.03 Å². The van der Waals surface area contributed by atoms with Gasteiger partial charge in [-0.15, -0.1) is 0 Å². The predicted molar refractivity (Wildman–Crippen MR) is 87.4 cm³/mol. The minimum Gasteiger partial charge on any atom is -0.381 e. The standard InChI is InChI=1S/C16H27N5O3/c1-11-17-14(24-19-11)10-20-5-7-21(8-6-20)15(22)18-12-9-13(23-4)16(12,2)3/h12-13H,5-10H2,1-4H3,(H,18,22)/t12-,13-/m1/s1. The number of urea groups is 1. The fourth-order valence-corrected chi connectivity index (χ4v) is 3.48. The molecule has 2 aliphatic rings. The van der Waals surface area contributed by atoms with Crippen LogP contribution in [0.25, 0.3) is 0 Å². The van der Waals surface area contributed by atoms with Crippen molar-refractivity contribution in [3.63, 3.8) is 0 Å². The van der Waals surface area contributed by atoms with Gasteiger partial charge in [-0.3, -0.25) is 4.90 Å². The average Bonchev–Trinajstić information content (AvgIpc) is 2.96. The Hall–Kier alpha value is -1.67. The van der Waals surface area contributed by atoms with Crippen molar-refractivity contribution in [2.75, 3.05) is 33.3 Å². The van der Waals surface area contributed by atoms with Gasteiger partial charge in [0.2, 0.25) is 5.89 Å². The Morgan fingerprint density at radius 3 is 2.62 bits per heavy atom. The summed E-state index contributed by atoms with van der Waals surface area (Å²) in [5.74, 6) is 1.28. The van der Waals surface area contributed by atoms with Crippen LogP contribution in [0.1, 0.15) is 32.0 Å². The first-order chi connectivity index (χ1) is 11.4. The van der Waals surface area contributed by atoms with E-state index in [1.165, 1.54) is 0 Å². The number of rotatable bonds is 4. The lowest BCUT2D eigenvalue weighted by molar-refractivity contribution is -0.0945. The first-order valence-corrected chi connectivity index (χ1v) is 8.50. The maximum Gasteiger partial charge on any atom is 0.317 e. The molecule has 2 fully saturated rings. The van der Waals surface area contributed by atoms with Crippen LogP contribution < -0.4 is 5.32 Å². The summed E-state index contributed by atoms with van der Waals surface area (Å²) in [4.78, 5) is 20.8. The van der Waals surface area contributed by atoms with E-state index in [9.17, 15) is 4.79 Å². The zero-order valence-corrected chi connectivity index (χ0v) is 14.9. The Labute approximate surface area is 142 Å². The van der Waals surface area contributed by atoms with Crippen molar-refractivity contribution >= 4 is 6.03 Å². The minimum atomic E-state index is -0.0119. The second kappa shape index (κ2) is 6.68. The molecule has 24 heavy (non-hydrogen) atoms. The van der Waals surface area contributed by atoms with Crippen LogP contribution in [0.5, 0.6) is 0 Å². The van der Waals surface area contributed by atoms with Gasteiger partial charge in [-0.1, -0.05) is 19.0 Å². The van der Waals surface area contributed by atoms with E-state index in [1.54, 1.807) is 7.11 Å². The molecule has 2 amide bonds. The molecule has 1 aromatic heterocycles. The van der Waals surface area contributed by atoms with E-state index in [2.05, 4.69) is 34.2 Å². The molecule has 1 aliphatic carbocycles. The van der Waals surface area contributed by atoms with Crippen molar-refractivity contribution < 1.29 is 14.1 Å². The Morgan fingerprint density at radius 2 is 2.08 bits per heavy atom. The van der Waals surface area contributed by atoms with Crippen molar-refractivity contribution in [1.29, 1.82) is 0 Å². The highest BCUT2D eigenvalue weighted by Crippen LogP contribution is 2.42. The zero-order chi connectivity index (χ0) is 17.3. The molecule has 8 heteroatoms. The van der Waals surface area contributed by atoms with Crippen molar-refractivity contribution in [2.24, 2.45) is 5.41 Å². The van der Waals surface area contributed by atoms with Crippen molar-refractivity contribution in [2.45, 2.75) is 45.9 Å². The Morgan fingerprint density at radius 1 is 1.38 bits per heavy atom. The fraction of sp³-hybridized carbons (Fsp3) is 0.812. The molecule has 1 aromatic rings. The highest BCUT2D eigenvalue weighted by molar-refractivity contribution is 5.75. The molecule has 134 valence electrons. The van der Waals surface area contributed by atoms with Gasteiger partial charge in [0.25, 0.3) is 0 Å². The Kier molecular flexibility index (Phi) is 4.78. The number of hydrogen-bond donors (Lipinski definition) is 1. The van der Waals surface area contributed by atoms with Gasteiger partial charge in [0, 0.05) is 44.7 Å². The first kappa shape index (κ1) is 17.2. The number of methoxy groups -OCH3 is 1. The first-order valence-electron chi connectivity index (χ1n) is 8.50. The lowest BCUT2D eigenvalue weighted by atomic mass is 9.64. The number of ether oxygens (including phenoxy) is 1. The zero-order valence-electron chi connectivity index (χ0n) is 14.9. The summed E-state index contributed by atoms with van der Waals surface area (Å²) in [6.07, 6.45) is 1.10. The highest BCUT2D eigenvalue weighted by atomic mass is 16.5. The molecule has 2 heterocycles. The summed E-state index contributed by atoms with van der Waals surface area (Å²) in [6, 6.07) is 0.199. The number of carbonyl (C=O) groups is 1. The van der Waals surface area contributed by atoms with E-state index in [-0.39, 0.29) is 23.6 Å². The minimum absolute atomic E-state index is 0.0119. The van der Waals surface area contributed by atoms with E-state index in [4.69, 9.17) is 9.26 Å². The van der Waals surface area contributed by atoms with Crippen LogP contribution in [-0.2, 0) is 11.3 Å². The summed E-state index contributed by atoms with van der Waals surface area (Å²) >= 11 is 0. The summed E-state index contributed by atoms with van der Waals surface area (Å²) < 4.78 is 10.6. The molecule has 1 N–H and O–H groups in total. The van der Waals surface area contributed by atoms with E-state index in [0.717, 1.165) is 19.5 Å². The average molecular weight is 337 g/mol. The maximum absolute atomic E-state index is 12.5. The smallest absolute Gasteiger partial charge is 0.317 e. The van der Waals surface area contributed by atoms with Gasteiger partial charge in [0.15, 0.2) is 5.82 Å². The predicted octanol–water partition coefficient (Wildman–Crippen LogP) is 1.02. The van der Waals surface area contributed by atoms with Gasteiger partial charge in [-0.2, -0.15) is 4.98 Å². The fourth-order valence-electron chi connectivity index (χ4n) is 3.48. The molecular weight excluding hydrogens is 310 g/mol. The molecule has 1 saturated heterocycles. The maximum atomic E-state index is 12.5. The van der Waals surface area contributed by atoms with Crippen LogP contribution in [0.15, 0.2) is 4.52 Å². The van der Waals surface area contributed by atoms with Crippen LogP contribution in [0.2, 0.25) is 0 Å². The normalized spacial score (nSPS) is 26.9. The van der Waals surface area contributed by atoms with Gasteiger partial charge in [-0.05, 0) is 13.3 Å². The number of piperazine rings is 1. The van der Waals surface area contributed by atoms with Crippen molar-refractivity contribution in [3.8, 4) is 0 Å². The number of aryl methyl sites for hydroxylation is 1. The van der Waals surface area contributed by atoms with Gasteiger partial charge in [0.1, 0.15) is 0 Å². The summed E-state index contributed by atoms with van der Waals surface area (Å²) in [5, 5.41) is 6.96. The summed E-state index contributed by atoms with van der Waals surface area (Å²) in [7, 11) is 1.73. The molecule has 2 atom stereocenters. The number of nitrogens with one attached hydrogen (secondary N) is 1. The van der Waals surface area contributed by atoms with Crippen molar-refractivity contribution in [1.82, 2.24) is 25.3 Å². The second-order valence-corrected chi connectivity index (χ2v) is 7.28. The Balaban J connectivity index is 1.44. The van der Waals surface area contributed by atoms with Gasteiger partial charge in [0.05, 0.1) is 12.6 Å². The van der Waals surface area contributed by atoms with Crippen LogP contribution in [0.4, 0.5) is 4.79 Å². The number of carbonyl (C=O) groups excluding carboxylic acids is 1. The molecule has 0 aromatic carbocycles. The molecular formula is C16H27N5O3. The van der Waals surface area contributed by atoms with Crippen LogP contribution in [0.3, 0.4) is 0 Å². The lowest BCUT2D eigenvalue weighted by Gasteiger charge is -2.51. The molecule has 0 unspecified atom stereocenters. The molecule has 1 saturated carbocycles. The monoisotopic (exact) mass is 337 g/mol. The third-order valence-corrected chi connectivity index (χ3v) is 5.35.